The Hall–Kier alpha value is -1.71. The first kappa shape index (κ1) is 30.8. The molecule has 0 heterocycles. The molecule has 206 valence electrons. The maximum Gasteiger partial charge on any atom is 0.369 e. The molecule has 3 rings (SSSR count). The molecule has 0 aliphatic carbocycles. The molecule has 0 fully saturated rings. The molecule has 0 aliphatic heterocycles. The minimum Gasteiger partial charge on any atom is -0.394 e. The molecule has 10 heteroatoms. The first-order chi connectivity index (χ1) is 18.3. The normalized spacial score (nSPS) is 13.0. The van der Waals surface area contributed by atoms with E-state index in [0.29, 0.717) is 0 Å². The summed E-state index contributed by atoms with van der Waals surface area (Å²) in [6, 6.07) is 31.1. The molecule has 0 bridgehead atoms. The van der Waals surface area contributed by atoms with Crippen molar-refractivity contribution in [3.8, 4) is 0 Å². The van der Waals surface area contributed by atoms with E-state index in [1.54, 1.807) is 42.7 Å². The standard InChI is InChI=1S/C28H42O6Si4/c1-29-36(30-2,26-17-11-8-12-18-26)23-35(7,24-37(31-3,32-4)27-19-13-9-14-20-27)25-38(33-5,34-6)28-21-15-10-16-22-28/h8-22H,23-25H2,1-7H3. The van der Waals surface area contributed by atoms with Gasteiger partial charge in [0.1, 0.15) is 0 Å². The highest BCUT2D eigenvalue weighted by Crippen LogP contribution is 2.36. The number of hydrogen-bond acceptors (Lipinski definition) is 6. The van der Waals surface area contributed by atoms with Crippen LogP contribution in [0.3, 0.4) is 0 Å². The lowest BCUT2D eigenvalue weighted by Gasteiger charge is -2.44. The first-order valence-corrected chi connectivity index (χ1v) is 22.0. The van der Waals surface area contributed by atoms with Crippen molar-refractivity contribution < 1.29 is 26.6 Å². The van der Waals surface area contributed by atoms with Gasteiger partial charge in [0.05, 0.1) is 8.07 Å². The van der Waals surface area contributed by atoms with Crippen molar-refractivity contribution in [2.24, 2.45) is 0 Å². The Bertz CT molecular complexity index is 953. The van der Waals surface area contributed by atoms with Crippen LogP contribution in [0.15, 0.2) is 91.0 Å². The maximum absolute atomic E-state index is 6.36. The van der Waals surface area contributed by atoms with Gasteiger partial charge in [0, 0.05) is 42.7 Å². The van der Waals surface area contributed by atoms with Crippen molar-refractivity contribution >= 4 is 49.3 Å². The van der Waals surface area contributed by atoms with E-state index >= 15 is 0 Å². The molecule has 0 spiro atoms. The summed E-state index contributed by atoms with van der Waals surface area (Å²) in [6.07, 6.45) is 0. The topological polar surface area (TPSA) is 55.4 Å². The largest absolute Gasteiger partial charge is 0.394 e. The highest BCUT2D eigenvalue weighted by Gasteiger charge is 2.56. The fraction of sp³-hybridized carbons (Fsp3) is 0.357. The van der Waals surface area contributed by atoms with Gasteiger partial charge in [-0.2, -0.15) is 0 Å². The second-order valence-electron chi connectivity index (χ2n) is 9.92. The van der Waals surface area contributed by atoms with Crippen molar-refractivity contribution in [1.29, 1.82) is 0 Å². The molecule has 0 aromatic heterocycles. The number of benzene rings is 3. The summed E-state index contributed by atoms with van der Waals surface area (Å²) in [4.78, 5) is 0. The van der Waals surface area contributed by atoms with E-state index < -0.39 is 33.8 Å². The van der Waals surface area contributed by atoms with E-state index in [2.05, 4.69) is 79.3 Å². The lowest BCUT2D eigenvalue weighted by Crippen LogP contribution is -2.67. The Morgan fingerprint density at radius 1 is 0.395 bits per heavy atom. The predicted octanol–water partition coefficient (Wildman–Crippen LogP) is 3.61. The van der Waals surface area contributed by atoms with Gasteiger partial charge in [-0.25, -0.2) is 0 Å². The van der Waals surface area contributed by atoms with Gasteiger partial charge in [0.2, 0.25) is 0 Å². The maximum atomic E-state index is 6.36. The number of hydrogen-bond donors (Lipinski definition) is 0. The summed E-state index contributed by atoms with van der Waals surface area (Å²) in [5, 5.41) is 3.35. The van der Waals surface area contributed by atoms with Crippen LogP contribution in [0, 0.1) is 0 Å². The lowest BCUT2D eigenvalue weighted by molar-refractivity contribution is 0.257. The molecule has 0 radical (unpaired) electrons. The van der Waals surface area contributed by atoms with Crippen LogP contribution in [-0.2, 0) is 26.6 Å². The Labute approximate surface area is 232 Å². The lowest BCUT2D eigenvalue weighted by atomic mass is 10.4. The molecule has 3 aromatic rings. The summed E-state index contributed by atoms with van der Waals surface area (Å²) in [5.41, 5.74) is 2.42. The molecule has 0 amide bonds. The Kier molecular flexibility index (Phi) is 11.0. The van der Waals surface area contributed by atoms with E-state index in [-0.39, 0.29) is 0 Å². The predicted molar refractivity (Wildman–Crippen MR) is 164 cm³/mol. The third-order valence-corrected chi connectivity index (χ3v) is 31.0. The van der Waals surface area contributed by atoms with Crippen LogP contribution in [0.2, 0.25) is 23.5 Å². The highest BCUT2D eigenvalue weighted by molar-refractivity contribution is 7.09. The van der Waals surface area contributed by atoms with Crippen molar-refractivity contribution in [3.63, 3.8) is 0 Å². The SMILES string of the molecule is CO[Si](C[Si](C)(C[Si](OC)(OC)c1ccccc1)C[Si](OC)(OC)c1ccccc1)(OC)c1ccccc1. The zero-order valence-corrected chi connectivity index (χ0v) is 27.7. The molecule has 0 saturated heterocycles. The van der Waals surface area contributed by atoms with Crippen molar-refractivity contribution in [1.82, 2.24) is 0 Å². The van der Waals surface area contributed by atoms with Crippen LogP contribution in [0.1, 0.15) is 0 Å². The average Bonchev–Trinajstić information content (AvgIpc) is 2.99. The molecule has 6 nitrogen and oxygen atoms in total. The van der Waals surface area contributed by atoms with E-state index in [4.69, 9.17) is 26.6 Å². The van der Waals surface area contributed by atoms with Gasteiger partial charge in [-0.05, 0) is 32.6 Å². The molecule has 0 unspecified atom stereocenters. The molecule has 38 heavy (non-hydrogen) atoms. The van der Waals surface area contributed by atoms with Crippen molar-refractivity contribution in [2.75, 3.05) is 42.7 Å². The summed E-state index contributed by atoms with van der Waals surface area (Å²) >= 11 is 0. The van der Waals surface area contributed by atoms with Crippen molar-refractivity contribution in [3.05, 3.63) is 91.0 Å². The van der Waals surface area contributed by atoms with Crippen LogP contribution in [0.25, 0.3) is 0 Å². The van der Waals surface area contributed by atoms with Crippen LogP contribution in [-0.4, -0.2) is 76.4 Å². The Morgan fingerprint density at radius 3 is 0.789 bits per heavy atom. The van der Waals surface area contributed by atoms with E-state index in [9.17, 15) is 0 Å². The first-order valence-electron chi connectivity index (χ1n) is 12.8. The molecule has 0 saturated carbocycles. The fourth-order valence-corrected chi connectivity index (χ4v) is 33.9. The Morgan fingerprint density at radius 2 is 0.605 bits per heavy atom. The highest BCUT2D eigenvalue weighted by atomic mass is 28.5. The van der Waals surface area contributed by atoms with Gasteiger partial charge in [-0.1, -0.05) is 97.5 Å². The summed E-state index contributed by atoms with van der Waals surface area (Å²) in [7, 11) is -0.195. The van der Waals surface area contributed by atoms with Gasteiger partial charge >= 0.3 is 25.7 Å². The monoisotopic (exact) mass is 586 g/mol. The molecule has 0 aliphatic rings. The molecular formula is C28H42O6Si4. The molecule has 3 aromatic carbocycles. The quantitative estimate of drug-likeness (QED) is 0.254. The van der Waals surface area contributed by atoms with E-state index in [0.717, 1.165) is 32.6 Å². The van der Waals surface area contributed by atoms with Gasteiger partial charge in [0.25, 0.3) is 0 Å². The van der Waals surface area contributed by atoms with Gasteiger partial charge in [-0.3, -0.25) is 0 Å². The number of rotatable bonds is 15. The zero-order chi connectivity index (χ0) is 27.7. The molecule has 0 N–H and O–H groups in total. The molecule has 0 atom stereocenters. The third kappa shape index (κ3) is 6.53. The van der Waals surface area contributed by atoms with Crippen LogP contribution in [0.4, 0.5) is 0 Å². The summed E-state index contributed by atoms with van der Waals surface area (Å²) < 4.78 is 38.2. The summed E-state index contributed by atoms with van der Waals surface area (Å²) in [6.45, 7) is 2.42. The minimum absolute atomic E-state index is 0.805. The zero-order valence-electron chi connectivity index (χ0n) is 23.7. The Balaban J connectivity index is 2.19. The van der Waals surface area contributed by atoms with Crippen molar-refractivity contribution in [2.45, 2.75) is 23.5 Å². The third-order valence-electron chi connectivity index (χ3n) is 7.60. The van der Waals surface area contributed by atoms with Gasteiger partial charge in [0.15, 0.2) is 0 Å². The van der Waals surface area contributed by atoms with E-state index in [1.807, 2.05) is 18.2 Å². The molecular weight excluding hydrogens is 545 g/mol. The minimum atomic E-state index is -2.82. The fourth-order valence-electron chi connectivity index (χ4n) is 5.65. The van der Waals surface area contributed by atoms with Gasteiger partial charge < -0.3 is 26.6 Å². The van der Waals surface area contributed by atoms with Crippen LogP contribution >= 0.6 is 0 Å². The van der Waals surface area contributed by atoms with Gasteiger partial charge in [-0.15, -0.1) is 0 Å². The van der Waals surface area contributed by atoms with E-state index in [1.165, 1.54) is 0 Å². The average molecular weight is 587 g/mol. The second kappa shape index (κ2) is 13.6. The smallest absolute Gasteiger partial charge is 0.369 e. The second-order valence-corrected chi connectivity index (χ2v) is 26.5. The summed E-state index contributed by atoms with van der Waals surface area (Å²) in [5.74, 6) is 0. The van der Waals surface area contributed by atoms with Crippen LogP contribution < -0.4 is 15.6 Å². The van der Waals surface area contributed by atoms with Crippen LogP contribution in [0.5, 0.6) is 0 Å².